The molecule has 24 heteroatoms. The van der Waals surface area contributed by atoms with Crippen LogP contribution < -0.4 is 83.1 Å². The molecule has 3 atom stereocenters. The molecule has 9 heterocycles. The van der Waals surface area contributed by atoms with Crippen LogP contribution in [0.15, 0.2) is 109 Å². The zero-order chi connectivity index (χ0) is 77.4. The summed E-state index contributed by atoms with van der Waals surface area (Å²) >= 11 is 5.35. The zero-order valence-electron chi connectivity index (χ0n) is 68.7. The van der Waals surface area contributed by atoms with Crippen molar-refractivity contribution in [1.82, 2.24) is 15.0 Å². The van der Waals surface area contributed by atoms with Crippen LogP contribution in [-0.2, 0) is 65.7 Å². The van der Waals surface area contributed by atoms with Crippen LogP contribution in [0.25, 0.3) is 30.6 Å². The maximum atomic E-state index is 13.3. The smallest absolute Gasteiger partial charge is 1.00 e. The predicted octanol–water partition coefficient (Wildman–Crippen LogP) is 13.2. The van der Waals surface area contributed by atoms with Crippen LogP contribution in [0.4, 0.5) is 17.1 Å². The molecule has 3 N–H and O–H groups in total. The third-order valence-electron chi connectivity index (χ3n) is 23.5. The van der Waals surface area contributed by atoms with Crippen LogP contribution in [-0.4, -0.2) is 134 Å². The minimum Gasteiger partial charge on any atom is -1.00 e. The zero-order valence-corrected chi connectivity index (χ0v) is 76.4. The monoisotopic (exact) mass is 1680 g/mol. The van der Waals surface area contributed by atoms with Crippen molar-refractivity contribution in [3.63, 3.8) is 0 Å². The average Bonchev–Trinajstić information content (AvgIpc) is 1.70. The van der Waals surface area contributed by atoms with E-state index in [1.807, 2.05) is 53.0 Å². The first-order valence-electron chi connectivity index (χ1n) is 39.9. The van der Waals surface area contributed by atoms with Gasteiger partial charge in [-0.25, -0.2) is 19.7 Å². The number of amides is 1. The van der Waals surface area contributed by atoms with Gasteiger partial charge in [-0.1, -0.05) is 87.2 Å². The number of carbonyl (C=O) groups excluding carboxylic acids is 3. The second-order valence-electron chi connectivity index (χ2n) is 30.7. The molecule has 4 fully saturated rings. The number of nitrogens with one attached hydrogen (secondary N) is 1. The van der Waals surface area contributed by atoms with E-state index < -0.39 is 28.6 Å². The van der Waals surface area contributed by atoms with E-state index in [-0.39, 0.29) is 117 Å². The average molecular weight is 1680 g/mol. The van der Waals surface area contributed by atoms with Crippen molar-refractivity contribution in [2.24, 2.45) is 17.8 Å². The summed E-state index contributed by atoms with van der Waals surface area (Å²) in [6.45, 7) is 20.9. The van der Waals surface area contributed by atoms with Gasteiger partial charge in [0.25, 0.3) is 5.91 Å². The molecule has 584 valence electrons. The van der Waals surface area contributed by atoms with E-state index in [1.165, 1.54) is 84.1 Å². The number of esters is 1. The molecule has 6 aromatic carbocycles. The number of anilines is 3. The van der Waals surface area contributed by atoms with Crippen molar-refractivity contribution in [2.75, 3.05) is 74.5 Å². The van der Waals surface area contributed by atoms with E-state index in [9.17, 15) is 24.6 Å². The SMILES string of the molecule is C1CCOC1.CC1(C)OC2(C)c3ccccc3CCN2c2cc3sc(C4CCC(C=O)CC4)nc3cc21.CC1(C)OC2(C)c3ccccc3CCN2c2cc3sc(C4CCC(CO)CC4)nc3cc21.COC(=O)c1cc2nc(C3CCC(CO)CC3)sc2cc1N1CCc2ccccc2C1=O.[2H]CC.[2H]CP.[B-]=N.[Br-].[CH3-].[K+].[Mg+2]. The number of hydrogen-bond acceptors (Lipinski definition) is 18. The standard InChI is InChI=1S/C27H32N2O2S.C27H30N2O2S.C25H26N2O4S.C4H8O.C2H6.CH5P.CH3.BHN.BrH.K.Mg/c2*1-26(2)21-14-22-24(32-25(28-22)19-10-8-17(16-30)9-11-19)15-23(21)29-13-12-18-6-4-5-7-20(18)27(29,3)31-26;1-31-25(30)19-12-20-22(32-23(26-20)17-8-6-15(14-28)7-9-17)13-21(19)27-11-10-16-4-2-3-5-18(16)24(27)29;1-2-4-5-3-1;2*1-2;;1-2;;;/h4-7,14-15,17,19,30H,8-13,16H2,1-3H3;4-7,14-17,19H,8-13H2,1-3H3;2-5,12-13,15,17,28H,6-11,14H2,1H3;1-4H2;1-2H3;2H2,1H3;1H3;2H;1H;;/q;;;;;;2*-1;;+1;+2/p-1/i;;;;2*1D;;;;;. The predicted molar refractivity (Wildman–Crippen MR) is 452 cm³/mol. The fourth-order valence-corrected chi connectivity index (χ4v) is 21.3. The van der Waals surface area contributed by atoms with Gasteiger partial charge in [-0.2, -0.15) is 0 Å². The Hall–Kier alpha value is -3.82. The molecule has 3 unspecified atom stereocenters. The summed E-state index contributed by atoms with van der Waals surface area (Å²) in [5.41, 5.74) is 14.3. The number of rotatable bonds is 8. The molecule has 3 saturated carbocycles. The molecule has 1 saturated heterocycles. The molecule has 2 radical (unpaired) electrons. The van der Waals surface area contributed by atoms with Crippen molar-refractivity contribution in [3.05, 3.63) is 182 Å². The number of fused-ring (bicyclic) bond motifs is 14. The van der Waals surface area contributed by atoms with Crippen molar-refractivity contribution in [2.45, 2.75) is 205 Å². The molecule has 9 aromatic rings. The van der Waals surface area contributed by atoms with Gasteiger partial charge >= 0.3 is 80.4 Å². The Kier molecular flexibility index (Phi) is 33.1. The quantitative estimate of drug-likeness (QED) is 0.0426. The summed E-state index contributed by atoms with van der Waals surface area (Å²) in [7, 11) is 7.35. The molecular weight excluding hydrogens is 1570 g/mol. The topological polar surface area (TPSA) is 201 Å². The normalized spacial score (nSPS) is 24.1. The number of hydrogen-bond donors (Lipinski definition) is 3. The molecule has 9 aliphatic rings. The molecule has 3 aliphatic carbocycles. The number of nitrogens with zero attached hydrogens (tertiary/aromatic N) is 6. The minimum absolute atomic E-state index is 0. The first-order chi connectivity index (χ1) is 52.7. The number of methoxy groups -OCH3 is 1. The number of halogens is 1. The van der Waals surface area contributed by atoms with Crippen molar-refractivity contribution < 1.29 is 115 Å². The number of aromatic nitrogens is 3. The fraction of sp³-hybridized carbons (Fsp3) is 0.506. The Morgan fingerprint density at radius 2 is 0.991 bits per heavy atom. The van der Waals surface area contributed by atoms with Gasteiger partial charge in [0.05, 0.1) is 75.2 Å². The van der Waals surface area contributed by atoms with E-state index in [4.69, 9.17) is 42.0 Å². The van der Waals surface area contributed by atoms with Crippen LogP contribution in [0.5, 0.6) is 0 Å². The summed E-state index contributed by atoms with van der Waals surface area (Å²) in [5.74, 6) is 1.95. The summed E-state index contributed by atoms with van der Waals surface area (Å²) in [5, 5.41) is 27.7. The Morgan fingerprint density at radius 1 is 0.613 bits per heavy atom. The van der Waals surface area contributed by atoms with Crippen molar-refractivity contribution in [1.29, 1.82) is 5.31 Å². The molecule has 3 aromatic heterocycles. The Labute approximate surface area is 745 Å². The minimum atomic E-state index is -0.472. The third kappa shape index (κ3) is 19.5. The summed E-state index contributed by atoms with van der Waals surface area (Å²) in [6, 6.07) is 38.1. The van der Waals surface area contributed by atoms with Gasteiger partial charge in [0.15, 0.2) is 11.4 Å². The number of aliphatic hydroxyl groups is 2. The van der Waals surface area contributed by atoms with Gasteiger partial charge in [0.1, 0.15) is 6.29 Å². The van der Waals surface area contributed by atoms with Crippen LogP contribution in [0.1, 0.15) is 240 Å². The van der Waals surface area contributed by atoms with Crippen LogP contribution in [0.3, 0.4) is 0 Å². The molecule has 6 aliphatic heterocycles. The van der Waals surface area contributed by atoms with E-state index in [1.54, 1.807) is 29.2 Å². The Bertz CT molecular complexity index is 4660. The second-order valence-corrected chi connectivity index (χ2v) is 33.9. The van der Waals surface area contributed by atoms with E-state index >= 15 is 0 Å². The van der Waals surface area contributed by atoms with Gasteiger partial charge < -0.3 is 86.0 Å². The van der Waals surface area contributed by atoms with Gasteiger partial charge in [-0.05, 0) is 222 Å². The maximum absolute atomic E-state index is 13.3. The number of aldehydes is 1. The Morgan fingerprint density at radius 3 is 1.39 bits per heavy atom. The molecule has 16 nitrogen and oxygen atoms in total. The summed E-state index contributed by atoms with van der Waals surface area (Å²) < 4.78 is 39.7. The molecule has 0 bridgehead atoms. The summed E-state index contributed by atoms with van der Waals surface area (Å²) in [6.07, 6.45) is 19.2. The second kappa shape index (κ2) is 41.0. The number of benzene rings is 6. The molecular formula is C87H111BBrKMgN7O9PS3. The maximum Gasteiger partial charge on any atom is 2.00 e. The van der Waals surface area contributed by atoms with Crippen molar-refractivity contribution >= 4 is 140 Å². The fourth-order valence-electron chi connectivity index (χ4n) is 17.8. The van der Waals surface area contributed by atoms with E-state index in [0.29, 0.717) is 73.1 Å². The first kappa shape index (κ1) is 89.5. The van der Waals surface area contributed by atoms with Crippen LogP contribution >= 0.6 is 43.3 Å². The molecule has 0 spiro atoms. The molecule has 1 amide bonds. The van der Waals surface area contributed by atoms with Gasteiger partial charge in [-0.3, -0.25) is 4.79 Å². The number of ether oxygens (including phenoxy) is 4. The van der Waals surface area contributed by atoms with Crippen LogP contribution in [0.2, 0.25) is 0 Å². The van der Waals surface area contributed by atoms with Gasteiger partial charge in [0, 0.05) is 112 Å². The van der Waals surface area contributed by atoms with Crippen LogP contribution in [0, 0.1) is 30.5 Å². The Balaban J connectivity index is 0.000000193. The summed E-state index contributed by atoms with van der Waals surface area (Å²) in [4.78, 5) is 58.7. The first-order valence-corrected chi connectivity index (χ1v) is 41.7. The third-order valence-corrected chi connectivity index (χ3v) is 27.0. The van der Waals surface area contributed by atoms with Gasteiger partial charge in [0.2, 0.25) is 0 Å². The largest absolute Gasteiger partial charge is 2.00 e. The number of aliphatic hydroxyl groups excluding tert-OH is 2. The number of thiazole rings is 3. The van der Waals surface area contributed by atoms with Crippen molar-refractivity contribution in [3.8, 4) is 0 Å². The number of carbonyl (C=O) groups is 3. The molecule has 111 heavy (non-hydrogen) atoms. The van der Waals surface area contributed by atoms with E-state index in [0.717, 1.165) is 161 Å². The van der Waals surface area contributed by atoms with Gasteiger partial charge in [-0.15, -0.1) is 43.3 Å². The van der Waals surface area contributed by atoms with E-state index in [2.05, 4.69) is 141 Å². The molecule has 18 rings (SSSR count).